The van der Waals surface area contributed by atoms with Gasteiger partial charge >= 0.3 is 0 Å². The Morgan fingerprint density at radius 3 is 2.62 bits per heavy atom. The number of amides is 1. The highest BCUT2D eigenvalue weighted by Crippen LogP contribution is 2.39. The molecule has 178 valence electrons. The van der Waals surface area contributed by atoms with Crippen molar-refractivity contribution in [1.29, 1.82) is 0 Å². The molecule has 0 spiro atoms. The van der Waals surface area contributed by atoms with Gasteiger partial charge < -0.3 is 19.7 Å². The number of hydrogen-bond donors (Lipinski definition) is 1. The van der Waals surface area contributed by atoms with Gasteiger partial charge in [0.15, 0.2) is 5.76 Å². The molecule has 2 N–H and O–H groups in total. The summed E-state index contributed by atoms with van der Waals surface area (Å²) in [6.45, 7) is 6.78. The molecule has 0 saturated carbocycles. The van der Waals surface area contributed by atoms with Crippen LogP contribution in [0.1, 0.15) is 54.4 Å². The van der Waals surface area contributed by atoms with Crippen molar-refractivity contribution in [2.45, 2.75) is 45.2 Å². The number of rotatable bonds is 6. The highest BCUT2D eigenvalue weighted by Gasteiger charge is 2.30. The minimum absolute atomic E-state index is 0.237. The van der Waals surface area contributed by atoms with E-state index >= 15 is 0 Å². The lowest BCUT2D eigenvalue weighted by Gasteiger charge is -2.35. The average molecular weight is 517 g/mol. The minimum Gasteiger partial charge on any atom is -0.364 e. The quantitative estimate of drug-likeness (QED) is 0.321. The Labute approximate surface area is 212 Å². The van der Waals surface area contributed by atoms with Crippen LogP contribution in [0.3, 0.4) is 0 Å². The van der Waals surface area contributed by atoms with Gasteiger partial charge in [0.25, 0.3) is 5.91 Å². The highest BCUT2D eigenvalue weighted by molar-refractivity contribution is 7.19. The fourth-order valence-electron chi connectivity index (χ4n) is 5.01. The van der Waals surface area contributed by atoms with Gasteiger partial charge in [0.1, 0.15) is 11.4 Å². The van der Waals surface area contributed by atoms with Crippen molar-refractivity contribution in [3.63, 3.8) is 0 Å². The molecule has 6 nitrogen and oxygen atoms in total. The maximum Gasteiger partial charge on any atom is 0.265 e. The van der Waals surface area contributed by atoms with Crippen molar-refractivity contribution in [3.8, 4) is 10.6 Å². The lowest BCUT2D eigenvalue weighted by molar-refractivity contribution is 0.0989. The van der Waals surface area contributed by atoms with E-state index in [1.54, 1.807) is 0 Å². The maximum atomic E-state index is 12.8. The van der Waals surface area contributed by atoms with E-state index in [1.807, 2.05) is 41.0 Å². The largest absolute Gasteiger partial charge is 0.364 e. The first-order valence-corrected chi connectivity index (χ1v) is 13.0. The Morgan fingerprint density at radius 1 is 1.21 bits per heavy atom. The summed E-state index contributed by atoms with van der Waals surface area (Å²) in [6.07, 6.45) is 1.94. The molecule has 5 rings (SSSR count). The average Bonchev–Trinajstić information content (AvgIpc) is 3.51. The van der Waals surface area contributed by atoms with Gasteiger partial charge in [-0.15, -0.1) is 11.3 Å². The number of piperidine rings is 1. The molecule has 3 aromatic heterocycles. The predicted molar refractivity (Wildman–Crippen MR) is 138 cm³/mol. The van der Waals surface area contributed by atoms with Gasteiger partial charge in [-0.3, -0.25) is 4.79 Å². The van der Waals surface area contributed by atoms with Gasteiger partial charge in [-0.25, -0.2) is 0 Å². The highest BCUT2D eigenvalue weighted by atomic mass is 35.5. The second-order valence-corrected chi connectivity index (χ2v) is 11.2. The number of benzene rings is 1. The van der Waals surface area contributed by atoms with E-state index in [2.05, 4.69) is 23.9 Å². The topological polar surface area (TPSA) is 77.3 Å². The van der Waals surface area contributed by atoms with E-state index in [-0.39, 0.29) is 5.92 Å². The minimum atomic E-state index is -0.442. The first kappa shape index (κ1) is 23.4. The molecule has 34 heavy (non-hydrogen) atoms. The number of carbonyl (C=O) groups excluding carboxylic acids is 1. The van der Waals surface area contributed by atoms with Gasteiger partial charge in [-0.05, 0) is 81.6 Å². The molecule has 0 aliphatic carbocycles. The second-order valence-electron chi connectivity index (χ2n) is 9.06. The standard InChI is InChI=1S/C25H26Cl2N4O2S/c1-14(2)30-9-7-15(8-10-30)23-18-11-16(26)3-4-19(18)31(24(23)25(28)32)13-17-12-20(33-29-17)21-5-6-22(27)34-21/h3-6,11-12,14-15H,7-10,13H2,1-2H3,(H2,28,32). The summed E-state index contributed by atoms with van der Waals surface area (Å²) in [4.78, 5) is 16.2. The third-order valence-corrected chi connectivity index (χ3v) is 8.14. The molecule has 0 unspecified atom stereocenters. The van der Waals surface area contributed by atoms with Crippen molar-refractivity contribution in [2.24, 2.45) is 5.73 Å². The van der Waals surface area contributed by atoms with Crippen LogP contribution in [0.2, 0.25) is 9.36 Å². The fraction of sp³-hybridized carbons (Fsp3) is 0.360. The Kier molecular flexibility index (Phi) is 6.46. The molecule has 0 atom stereocenters. The van der Waals surface area contributed by atoms with Gasteiger partial charge in [-0.2, -0.15) is 0 Å². The lowest BCUT2D eigenvalue weighted by Crippen LogP contribution is -2.38. The molecule has 1 fully saturated rings. The van der Waals surface area contributed by atoms with E-state index in [1.165, 1.54) is 11.3 Å². The smallest absolute Gasteiger partial charge is 0.265 e. The second kappa shape index (κ2) is 9.38. The van der Waals surface area contributed by atoms with Crippen LogP contribution in [-0.2, 0) is 6.54 Å². The zero-order valence-electron chi connectivity index (χ0n) is 19.1. The van der Waals surface area contributed by atoms with Crippen LogP contribution in [0.25, 0.3) is 21.5 Å². The number of likely N-dealkylation sites (tertiary alicyclic amines) is 1. The van der Waals surface area contributed by atoms with Gasteiger partial charge in [0.05, 0.1) is 15.8 Å². The molecule has 1 saturated heterocycles. The summed E-state index contributed by atoms with van der Waals surface area (Å²) in [6, 6.07) is 11.9. The molecule has 1 aliphatic heterocycles. The van der Waals surface area contributed by atoms with E-state index < -0.39 is 5.91 Å². The van der Waals surface area contributed by atoms with Crippen LogP contribution in [0.4, 0.5) is 0 Å². The molecule has 4 aromatic rings. The third-order valence-electron chi connectivity index (χ3n) is 6.66. The van der Waals surface area contributed by atoms with Gasteiger partial charge in [-0.1, -0.05) is 28.4 Å². The summed E-state index contributed by atoms with van der Waals surface area (Å²) < 4.78 is 8.22. The van der Waals surface area contributed by atoms with Crippen molar-refractivity contribution < 1.29 is 9.32 Å². The number of thiophene rings is 1. The van der Waals surface area contributed by atoms with Crippen LogP contribution < -0.4 is 5.73 Å². The van der Waals surface area contributed by atoms with E-state index in [0.29, 0.717) is 39.1 Å². The number of aromatic nitrogens is 2. The summed E-state index contributed by atoms with van der Waals surface area (Å²) in [7, 11) is 0. The van der Waals surface area contributed by atoms with Crippen LogP contribution >= 0.6 is 34.5 Å². The summed E-state index contributed by atoms with van der Waals surface area (Å²) in [5.74, 6) is 0.441. The van der Waals surface area contributed by atoms with Crippen LogP contribution in [0.15, 0.2) is 40.9 Å². The van der Waals surface area contributed by atoms with Crippen molar-refractivity contribution in [2.75, 3.05) is 13.1 Å². The molecule has 0 bridgehead atoms. The number of primary amides is 1. The van der Waals surface area contributed by atoms with Gasteiger partial charge in [0, 0.05) is 28.0 Å². The normalized spacial score (nSPS) is 15.6. The number of hydrogen-bond acceptors (Lipinski definition) is 5. The number of nitrogens with two attached hydrogens (primary N) is 1. The zero-order chi connectivity index (χ0) is 24.0. The number of fused-ring (bicyclic) bond motifs is 1. The maximum absolute atomic E-state index is 12.8. The first-order valence-electron chi connectivity index (χ1n) is 11.4. The van der Waals surface area contributed by atoms with E-state index in [9.17, 15) is 4.79 Å². The molecule has 1 amide bonds. The predicted octanol–water partition coefficient (Wildman–Crippen LogP) is 6.40. The third kappa shape index (κ3) is 4.38. The monoisotopic (exact) mass is 516 g/mol. The Morgan fingerprint density at radius 2 is 1.97 bits per heavy atom. The van der Waals surface area contributed by atoms with Crippen LogP contribution in [-0.4, -0.2) is 39.7 Å². The molecule has 0 radical (unpaired) electrons. The molecule has 9 heteroatoms. The van der Waals surface area contributed by atoms with Crippen LogP contribution in [0, 0.1) is 0 Å². The summed E-state index contributed by atoms with van der Waals surface area (Å²) in [5.41, 5.74) is 9.15. The Bertz CT molecular complexity index is 1350. The SMILES string of the molecule is CC(C)N1CCC(c2c(C(N)=O)n(Cc3cc(-c4ccc(Cl)s4)on3)c3ccc(Cl)cc23)CC1. The molecule has 1 aromatic carbocycles. The van der Waals surface area contributed by atoms with E-state index in [0.717, 1.165) is 47.3 Å². The van der Waals surface area contributed by atoms with Gasteiger partial charge in [0.2, 0.25) is 0 Å². The summed E-state index contributed by atoms with van der Waals surface area (Å²) in [5, 5.41) is 5.88. The zero-order valence-corrected chi connectivity index (χ0v) is 21.4. The Hall–Kier alpha value is -2.32. The number of nitrogens with zero attached hydrogens (tertiary/aromatic N) is 3. The first-order chi connectivity index (χ1) is 16.3. The number of halogens is 2. The van der Waals surface area contributed by atoms with Crippen LogP contribution in [0.5, 0.6) is 0 Å². The molecular formula is C25H26Cl2N4O2S. The van der Waals surface area contributed by atoms with Crippen molar-refractivity contribution in [3.05, 3.63) is 62.7 Å². The molecule has 4 heterocycles. The van der Waals surface area contributed by atoms with Crippen molar-refractivity contribution >= 4 is 51.3 Å². The van der Waals surface area contributed by atoms with E-state index in [4.69, 9.17) is 33.5 Å². The molecular weight excluding hydrogens is 491 g/mol. The van der Waals surface area contributed by atoms with Crippen molar-refractivity contribution in [1.82, 2.24) is 14.6 Å². The molecule has 1 aliphatic rings. The number of carbonyl (C=O) groups is 1. The summed E-state index contributed by atoms with van der Waals surface area (Å²) >= 11 is 13.9. The lowest BCUT2D eigenvalue weighted by atomic mass is 9.87. The fourth-order valence-corrected chi connectivity index (χ4v) is 6.18. The Balaban J connectivity index is 1.56.